The van der Waals surface area contributed by atoms with Crippen LogP contribution < -0.4 is 34.9 Å². The molecular formula is C11H16N2NaO2S+. The minimum absolute atomic E-state index is 0. The second kappa shape index (κ2) is 6.64. The van der Waals surface area contributed by atoms with Gasteiger partial charge in [0, 0.05) is 6.54 Å². The van der Waals surface area contributed by atoms with E-state index in [0.29, 0.717) is 19.4 Å². The summed E-state index contributed by atoms with van der Waals surface area (Å²) >= 11 is 4.97. The van der Waals surface area contributed by atoms with Crippen molar-refractivity contribution in [2.24, 2.45) is 5.41 Å². The quantitative estimate of drug-likeness (QED) is 0.282. The van der Waals surface area contributed by atoms with E-state index in [1.165, 1.54) is 4.90 Å². The van der Waals surface area contributed by atoms with Crippen molar-refractivity contribution in [2.75, 3.05) is 6.54 Å². The molecule has 0 aliphatic carbocycles. The van der Waals surface area contributed by atoms with E-state index in [1.807, 2.05) is 13.8 Å². The summed E-state index contributed by atoms with van der Waals surface area (Å²) in [5.74, 6) is -0.501. The zero-order valence-electron chi connectivity index (χ0n) is 10.6. The smallest absolute Gasteiger partial charge is 0.302 e. The van der Waals surface area contributed by atoms with Crippen molar-refractivity contribution in [1.82, 2.24) is 10.2 Å². The molecule has 6 heteroatoms. The van der Waals surface area contributed by atoms with E-state index >= 15 is 0 Å². The first kappa shape index (κ1) is 16.8. The number of rotatable bonds is 4. The molecule has 1 saturated heterocycles. The third kappa shape index (κ3) is 2.78. The van der Waals surface area contributed by atoms with Crippen molar-refractivity contribution >= 4 is 29.1 Å². The molecule has 0 radical (unpaired) electrons. The molecule has 1 fully saturated rings. The summed E-state index contributed by atoms with van der Waals surface area (Å²) in [5, 5.41) is 2.76. The Labute approximate surface area is 129 Å². The number of nitrogens with zero attached hydrogens (tertiary/aromatic N) is 1. The average molecular weight is 263 g/mol. The Hall–Kier alpha value is -0.230. The predicted octanol–water partition coefficient (Wildman–Crippen LogP) is -1.77. The van der Waals surface area contributed by atoms with Crippen molar-refractivity contribution in [3.8, 4) is 0 Å². The van der Waals surface area contributed by atoms with Gasteiger partial charge in [-0.3, -0.25) is 14.5 Å². The second-order valence-corrected chi connectivity index (χ2v) is 4.14. The summed E-state index contributed by atoms with van der Waals surface area (Å²) < 4.78 is 0. The van der Waals surface area contributed by atoms with Gasteiger partial charge in [0.05, 0.1) is 0 Å². The van der Waals surface area contributed by atoms with Crippen LogP contribution >= 0.6 is 12.2 Å². The van der Waals surface area contributed by atoms with Crippen molar-refractivity contribution < 1.29 is 39.1 Å². The number of carbonyl (C=O) groups excluding carboxylic acids is 2. The molecule has 0 aromatic heterocycles. The number of thiocarbonyl (C=S) groups is 1. The molecule has 0 bridgehead atoms. The zero-order chi connectivity index (χ0) is 12.3. The Balaban J connectivity index is 0.00000256. The monoisotopic (exact) mass is 263 g/mol. The van der Waals surface area contributed by atoms with E-state index in [-0.39, 0.29) is 46.5 Å². The van der Waals surface area contributed by atoms with Crippen LogP contribution in [0.25, 0.3) is 0 Å². The van der Waals surface area contributed by atoms with Crippen LogP contribution in [0.2, 0.25) is 0 Å². The van der Waals surface area contributed by atoms with E-state index in [4.69, 9.17) is 12.2 Å². The molecular weight excluding hydrogens is 247 g/mol. The molecule has 1 N–H and O–H groups in total. The van der Waals surface area contributed by atoms with Gasteiger partial charge in [0.2, 0.25) is 11.8 Å². The summed E-state index contributed by atoms with van der Waals surface area (Å²) in [6.45, 7) is 7.58. The second-order valence-electron chi connectivity index (χ2n) is 3.75. The summed E-state index contributed by atoms with van der Waals surface area (Å²) in [7, 11) is 0. The number of hydrogen-bond acceptors (Lipinski definition) is 3. The summed E-state index contributed by atoms with van der Waals surface area (Å²) in [6, 6.07) is 0. The third-order valence-corrected chi connectivity index (χ3v) is 3.40. The topological polar surface area (TPSA) is 49.4 Å². The Morgan fingerprint density at radius 1 is 1.41 bits per heavy atom. The van der Waals surface area contributed by atoms with Gasteiger partial charge in [-0.1, -0.05) is 19.9 Å². The fourth-order valence-corrected chi connectivity index (χ4v) is 2.15. The van der Waals surface area contributed by atoms with Crippen molar-refractivity contribution in [3.05, 3.63) is 12.7 Å². The molecule has 0 saturated carbocycles. The van der Waals surface area contributed by atoms with Gasteiger partial charge in [-0.15, -0.1) is 6.58 Å². The predicted molar refractivity (Wildman–Crippen MR) is 65.7 cm³/mol. The molecule has 1 aliphatic rings. The van der Waals surface area contributed by atoms with E-state index in [2.05, 4.69) is 11.9 Å². The van der Waals surface area contributed by atoms with E-state index in [9.17, 15) is 9.59 Å². The van der Waals surface area contributed by atoms with Gasteiger partial charge in [-0.25, -0.2) is 0 Å². The Bertz CT molecular complexity index is 353. The van der Waals surface area contributed by atoms with Crippen LogP contribution in [0.4, 0.5) is 0 Å². The average Bonchev–Trinajstić information content (AvgIpc) is 2.26. The van der Waals surface area contributed by atoms with Gasteiger partial charge in [-0.05, 0) is 25.1 Å². The van der Waals surface area contributed by atoms with Crippen molar-refractivity contribution in [3.63, 3.8) is 0 Å². The zero-order valence-corrected chi connectivity index (χ0v) is 13.4. The van der Waals surface area contributed by atoms with Crippen molar-refractivity contribution in [2.45, 2.75) is 26.7 Å². The van der Waals surface area contributed by atoms with Crippen LogP contribution in [0.1, 0.15) is 26.7 Å². The Kier molecular flexibility index (Phi) is 6.55. The van der Waals surface area contributed by atoms with Gasteiger partial charge < -0.3 is 5.32 Å². The molecule has 0 aromatic carbocycles. The van der Waals surface area contributed by atoms with Gasteiger partial charge >= 0.3 is 29.6 Å². The minimum atomic E-state index is -0.967. The number of nitrogens with one attached hydrogen (secondary N) is 1. The SMILES string of the molecule is C=CCN1C(=O)C(CC)(CC)C(=O)NC1=S.[Na+]. The summed E-state index contributed by atoms with van der Waals surface area (Å²) in [5.41, 5.74) is -0.967. The maximum absolute atomic E-state index is 12.3. The standard InChI is InChI=1S/C11H16N2O2S.Na/c1-4-7-13-9(15)11(5-2,6-3)8(14)12-10(13)16;/h4H,1,5-7H2,2-3H3,(H,12,14,16);/q;+1. The molecule has 1 rings (SSSR count). The van der Waals surface area contributed by atoms with Crippen LogP contribution in [0.3, 0.4) is 0 Å². The minimum Gasteiger partial charge on any atom is -0.302 e. The molecule has 0 spiro atoms. The fraction of sp³-hybridized carbons (Fsp3) is 0.545. The number of carbonyl (C=O) groups is 2. The maximum atomic E-state index is 12.3. The largest absolute Gasteiger partial charge is 1.00 e. The van der Waals surface area contributed by atoms with E-state index in [1.54, 1.807) is 6.08 Å². The van der Waals surface area contributed by atoms with E-state index in [0.717, 1.165) is 0 Å². The molecule has 0 unspecified atom stereocenters. The van der Waals surface area contributed by atoms with Crippen LogP contribution in [-0.2, 0) is 9.59 Å². The van der Waals surface area contributed by atoms with Gasteiger partial charge in [0.1, 0.15) is 5.41 Å². The number of hydrogen-bond donors (Lipinski definition) is 1. The molecule has 0 atom stereocenters. The first-order valence-electron chi connectivity index (χ1n) is 5.31. The third-order valence-electron chi connectivity index (χ3n) is 3.07. The maximum Gasteiger partial charge on any atom is 1.00 e. The summed E-state index contributed by atoms with van der Waals surface area (Å²) in [6.07, 6.45) is 2.55. The van der Waals surface area contributed by atoms with Crippen LogP contribution in [0.15, 0.2) is 12.7 Å². The first-order valence-corrected chi connectivity index (χ1v) is 5.72. The molecule has 4 nitrogen and oxygen atoms in total. The van der Waals surface area contributed by atoms with Gasteiger partial charge in [-0.2, -0.15) is 0 Å². The van der Waals surface area contributed by atoms with Gasteiger partial charge in [0.15, 0.2) is 5.11 Å². The summed E-state index contributed by atoms with van der Waals surface area (Å²) in [4.78, 5) is 25.5. The molecule has 88 valence electrons. The van der Waals surface area contributed by atoms with Crippen molar-refractivity contribution in [1.29, 1.82) is 0 Å². The Morgan fingerprint density at radius 2 is 1.94 bits per heavy atom. The van der Waals surface area contributed by atoms with E-state index < -0.39 is 5.41 Å². The van der Waals surface area contributed by atoms with Crippen LogP contribution in [-0.4, -0.2) is 28.4 Å². The Morgan fingerprint density at radius 3 is 2.35 bits per heavy atom. The molecule has 17 heavy (non-hydrogen) atoms. The van der Waals surface area contributed by atoms with Crippen LogP contribution in [0.5, 0.6) is 0 Å². The molecule has 1 heterocycles. The molecule has 2 amide bonds. The van der Waals surface area contributed by atoms with Gasteiger partial charge in [0.25, 0.3) is 0 Å². The normalized spacial score (nSPS) is 18.5. The molecule has 1 aliphatic heterocycles. The fourth-order valence-electron chi connectivity index (χ4n) is 1.90. The first-order chi connectivity index (χ1) is 7.53. The number of amides is 2. The molecule has 0 aromatic rings. The van der Waals surface area contributed by atoms with Crippen LogP contribution in [0, 0.1) is 5.41 Å².